The SMILES string of the molecule is O=C(Nc1ccc(-c2cccc(-c3ccc4c(c3)OCCO4)n2)cc1)c1ccc(Cl)nc1. The Morgan fingerprint density at radius 3 is 2.31 bits per heavy atom. The lowest BCUT2D eigenvalue weighted by Gasteiger charge is -2.18. The van der Waals surface area contributed by atoms with Gasteiger partial charge in [-0.2, -0.15) is 0 Å². The predicted molar refractivity (Wildman–Crippen MR) is 123 cm³/mol. The van der Waals surface area contributed by atoms with Gasteiger partial charge in [-0.05, 0) is 54.6 Å². The molecule has 0 saturated heterocycles. The van der Waals surface area contributed by atoms with Crippen LogP contribution in [0, 0.1) is 0 Å². The van der Waals surface area contributed by atoms with Crippen molar-refractivity contribution < 1.29 is 14.3 Å². The molecule has 0 aliphatic carbocycles. The zero-order valence-electron chi connectivity index (χ0n) is 16.9. The second-order valence-corrected chi connectivity index (χ2v) is 7.55. The molecule has 0 fully saturated rings. The fraction of sp³-hybridized carbons (Fsp3) is 0.0800. The second kappa shape index (κ2) is 8.69. The Balaban J connectivity index is 1.34. The van der Waals surface area contributed by atoms with Gasteiger partial charge in [-0.15, -0.1) is 0 Å². The van der Waals surface area contributed by atoms with E-state index in [1.54, 1.807) is 12.1 Å². The third-order valence-corrected chi connectivity index (χ3v) is 5.24. The van der Waals surface area contributed by atoms with Crippen molar-refractivity contribution >= 4 is 23.2 Å². The zero-order chi connectivity index (χ0) is 21.9. The predicted octanol–water partition coefficient (Wildman–Crippen LogP) is 5.49. The molecule has 6 nitrogen and oxygen atoms in total. The summed E-state index contributed by atoms with van der Waals surface area (Å²) in [6.07, 6.45) is 1.44. The highest BCUT2D eigenvalue weighted by atomic mass is 35.5. The van der Waals surface area contributed by atoms with Crippen molar-refractivity contribution in [2.45, 2.75) is 0 Å². The van der Waals surface area contributed by atoms with Crippen molar-refractivity contribution in [2.75, 3.05) is 18.5 Å². The molecule has 5 rings (SSSR count). The Morgan fingerprint density at radius 2 is 1.56 bits per heavy atom. The Labute approximate surface area is 189 Å². The van der Waals surface area contributed by atoms with E-state index >= 15 is 0 Å². The maximum absolute atomic E-state index is 12.4. The summed E-state index contributed by atoms with van der Waals surface area (Å²) < 4.78 is 11.3. The van der Waals surface area contributed by atoms with Gasteiger partial charge in [-0.25, -0.2) is 9.97 Å². The molecule has 1 N–H and O–H groups in total. The molecule has 1 aliphatic rings. The molecule has 0 radical (unpaired) electrons. The minimum Gasteiger partial charge on any atom is -0.486 e. The molecule has 158 valence electrons. The highest BCUT2D eigenvalue weighted by Crippen LogP contribution is 2.34. The number of carbonyl (C=O) groups excluding carboxylic acids is 1. The number of benzene rings is 2. The molecule has 0 saturated carbocycles. The van der Waals surface area contributed by atoms with E-state index in [0.717, 1.165) is 34.0 Å². The van der Waals surface area contributed by atoms with E-state index < -0.39 is 0 Å². The maximum atomic E-state index is 12.4. The third kappa shape index (κ3) is 4.26. The van der Waals surface area contributed by atoms with Crippen LogP contribution in [0.2, 0.25) is 5.15 Å². The first kappa shape index (κ1) is 20.0. The first-order valence-electron chi connectivity index (χ1n) is 10.1. The van der Waals surface area contributed by atoms with Gasteiger partial charge in [0.25, 0.3) is 5.91 Å². The highest BCUT2D eigenvalue weighted by molar-refractivity contribution is 6.29. The number of amides is 1. The number of anilines is 1. The number of ether oxygens (including phenoxy) is 2. The van der Waals surface area contributed by atoms with Crippen molar-refractivity contribution in [3.8, 4) is 34.0 Å². The Morgan fingerprint density at radius 1 is 0.844 bits per heavy atom. The van der Waals surface area contributed by atoms with Gasteiger partial charge in [0.05, 0.1) is 17.0 Å². The summed E-state index contributed by atoms with van der Waals surface area (Å²) in [6.45, 7) is 1.11. The molecule has 7 heteroatoms. The first-order chi connectivity index (χ1) is 15.7. The van der Waals surface area contributed by atoms with E-state index in [4.69, 9.17) is 26.1 Å². The van der Waals surface area contributed by atoms with Crippen LogP contribution in [0.5, 0.6) is 11.5 Å². The Bertz CT molecular complexity index is 1270. The number of carbonyl (C=O) groups is 1. The summed E-state index contributed by atoms with van der Waals surface area (Å²) in [7, 11) is 0. The topological polar surface area (TPSA) is 73.3 Å². The molecule has 0 atom stereocenters. The fourth-order valence-corrected chi connectivity index (χ4v) is 3.51. The summed E-state index contributed by atoms with van der Waals surface area (Å²) >= 11 is 5.77. The van der Waals surface area contributed by atoms with Crippen LogP contribution < -0.4 is 14.8 Å². The van der Waals surface area contributed by atoms with Crippen LogP contribution in [0.4, 0.5) is 5.69 Å². The zero-order valence-corrected chi connectivity index (χ0v) is 17.7. The minimum atomic E-state index is -0.249. The molecule has 4 aromatic rings. The number of nitrogens with one attached hydrogen (secondary N) is 1. The van der Waals surface area contributed by atoms with Crippen molar-refractivity contribution in [1.82, 2.24) is 9.97 Å². The molecular weight excluding hydrogens is 426 g/mol. The normalized spacial score (nSPS) is 12.3. The number of hydrogen-bond donors (Lipinski definition) is 1. The fourth-order valence-electron chi connectivity index (χ4n) is 3.40. The molecule has 2 aromatic carbocycles. The lowest BCUT2D eigenvalue weighted by atomic mass is 10.1. The third-order valence-electron chi connectivity index (χ3n) is 5.02. The van der Waals surface area contributed by atoms with Gasteiger partial charge in [-0.1, -0.05) is 29.8 Å². The first-order valence-corrected chi connectivity index (χ1v) is 10.4. The molecule has 32 heavy (non-hydrogen) atoms. The number of rotatable bonds is 4. The van der Waals surface area contributed by atoms with Crippen LogP contribution in [0.15, 0.2) is 79.0 Å². The van der Waals surface area contributed by atoms with Gasteiger partial charge in [-0.3, -0.25) is 4.79 Å². The summed E-state index contributed by atoms with van der Waals surface area (Å²) in [5, 5.41) is 3.20. The monoisotopic (exact) mass is 443 g/mol. The summed E-state index contributed by atoms with van der Waals surface area (Å²) in [5.41, 5.74) is 4.68. The lowest BCUT2D eigenvalue weighted by molar-refractivity contribution is 0.102. The Kier molecular flexibility index (Phi) is 5.44. The van der Waals surface area contributed by atoms with Crippen LogP contribution in [-0.2, 0) is 0 Å². The van der Waals surface area contributed by atoms with E-state index in [2.05, 4.69) is 10.3 Å². The number of aromatic nitrogens is 2. The van der Waals surface area contributed by atoms with Gasteiger partial charge in [0.15, 0.2) is 11.5 Å². The van der Waals surface area contributed by atoms with Gasteiger partial charge < -0.3 is 14.8 Å². The molecule has 3 heterocycles. The minimum absolute atomic E-state index is 0.249. The number of hydrogen-bond acceptors (Lipinski definition) is 5. The van der Waals surface area contributed by atoms with Crippen LogP contribution in [-0.4, -0.2) is 29.1 Å². The van der Waals surface area contributed by atoms with E-state index in [0.29, 0.717) is 29.6 Å². The second-order valence-electron chi connectivity index (χ2n) is 7.17. The molecule has 0 unspecified atom stereocenters. The number of pyridine rings is 2. The van der Waals surface area contributed by atoms with Crippen molar-refractivity contribution in [3.63, 3.8) is 0 Å². The van der Waals surface area contributed by atoms with Crippen molar-refractivity contribution in [2.24, 2.45) is 0 Å². The van der Waals surface area contributed by atoms with Crippen LogP contribution in [0.25, 0.3) is 22.5 Å². The molecular formula is C25H18ClN3O3. The van der Waals surface area contributed by atoms with Crippen LogP contribution >= 0.6 is 11.6 Å². The largest absolute Gasteiger partial charge is 0.486 e. The average Bonchev–Trinajstić information content (AvgIpc) is 2.84. The molecule has 1 amide bonds. The average molecular weight is 444 g/mol. The molecule has 0 bridgehead atoms. The quantitative estimate of drug-likeness (QED) is 0.422. The summed E-state index contributed by atoms with van der Waals surface area (Å²) in [5.74, 6) is 1.24. The number of fused-ring (bicyclic) bond motifs is 1. The van der Waals surface area contributed by atoms with Gasteiger partial charge >= 0.3 is 0 Å². The van der Waals surface area contributed by atoms with Crippen LogP contribution in [0.3, 0.4) is 0 Å². The smallest absolute Gasteiger partial charge is 0.257 e. The van der Waals surface area contributed by atoms with Gasteiger partial charge in [0, 0.05) is 23.0 Å². The number of halogens is 1. The number of nitrogens with zero attached hydrogens (tertiary/aromatic N) is 2. The van der Waals surface area contributed by atoms with E-state index in [1.807, 2.05) is 60.7 Å². The van der Waals surface area contributed by atoms with E-state index in [9.17, 15) is 4.79 Å². The standard InChI is InChI=1S/C25H18ClN3O3/c26-24-11-7-18(15-27-24)25(30)28-19-8-4-16(5-9-19)20-2-1-3-21(29-20)17-6-10-22-23(14-17)32-13-12-31-22/h1-11,14-15H,12-13H2,(H,28,30). The van der Waals surface area contributed by atoms with Gasteiger partial charge in [0.1, 0.15) is 18.4 Å². The van der Waals surface area contributed by atoms with E-state index in [-0.39, 0.29) is 5.91 Å². The summed E-state index contributed by atoms with van der Waals surface area (Å²) in [4.78, 5) is 21.1. The van der Waals surface area contributed by atoms with Crippen LogP contribution in [0.1, 0.15) is 10.4 Å². The van der Waals surface area contributed by atoms with Gasteiger partial charge in [0.2, 0.25) is 0 Å². The molecule has 2 aromatic heterocycles. The van der Waals surface area contributed by atoms with E-state index in [1.165, 1.54) is 6.20 Å². The molecule has 1 aliphatic heterocycles. The maximum Gasteiger partial charge on any atom is 0.257 e. The summed E-state index contributed by atoms with van der Waals surface area (Å²) in [6, 6.07) is 22.5. The highest BCUT2D eigenvalue weighted by Gasteiger charge is 2.13. The Hall–Kier alpha value is -3.90. The van der Waals surface area contributed by atoms with Crippen molar-refractivity contribution in [1.29, 1.82) is 0 Å². The molecule has 0 spiro atoms. The lowest BCUT2D eigenvalue weighted by Crippen LogP contribution is -2.15. The van der Waals surface area contributed by atoms with Crippen molar-refractivity contribution in [3.05, 3.63) is 89.7 Å².